The smallest absolute Gasteiger partial charge is 0.255 e. The summed E-state index contributed by atoms with van der Waals surface area (Å²) in [5.41, 5.74) is 0.684. The van der Waals surface area contributed by atoms with Gasteiger partial charge in [0.15, 0.2) is 0 Å². The van der Waals surface area contributed by atoms with Crippen molar-refractivity contribution in [1.29, 1.82) is 0 Å². The van der Waals surface area contributed by atoms with Crippen molar-refractivity contribution < 1.29 is 4.79 Å². The van der Waals surface area contributed by atoms with Crippen molar-refractivity contribution in [3.05, 3.63) is 23.9 Å². The molecule has 1 fully saturated rings. The monoisotopic (exact) mass is 261 g/mol. The molecule has 0 radical (unpaired) electrons. The Morgan fingerprint density at radius 2 is 2.05 bits per heavy atom. The molecule has 2 heterocycles. The van der Waals surface area contributed by atoms with Gasteiger partial charge in [-0.3, -0.25) is 4.79 Å². The summed E-state index contributed by atoms with van der Waals surface area (Å²) >= 11 is 0. The number of nitrogens with one attached hydrogen (secondary N) is 1. The minimum absolute atomic E-state index is 0.103. The molecule has 2 unspecified atom stereocenters. The number of amides is 1. The van der Waals surface area contributed by atoms with Crippen molar-refractivity contribution in [3.8, 4) is 0 Å². The predicted molar refractivity (Wildman–Crippen MR) is 77.2 cm³/mol. The van der Waals surface area contributed by atoms with Crippen LogP contribution >= 0.6 is 0 Å². The maximum Gasteiger partial charge on any atom is 0.255 e. The van der Waals surface area contributed by atoms with E-state index in [1.54, 1.807) is 6.20 Å². The number of pyridine rings is 1. The van der Waals surface area contributed by atoms with Crippen molar-refractivity contribution in [2.75, 3.05) is 25.0 Å². The molecule has 0 aliphatic carbocycles. The van der Waals surface area contributed by atoms with Crippen molar-refractivity contribution in [2.45, 2.75) is 27.2 Å². The third-order valence-corrected chi connectivity index (χ3v) is 3.84. The summed E-state index contributed by atoms with van der Waals surface area (Å²) in [7, 11) is 0. The minimum atomic E-state index is 0.103. The predicted octanol–water partition coefficient (Wildman–Crippen LogP) is 2.63. The lowest BCUT2D eigenvalue weighted by Gasteiger charge is -2.16. The molecule has 4 heteroatoms. The van der Waals surface area contributed by atoms with Crippen LogP contribution in [0.2, 0.25) is 0 Å². The summed E-state index contributed by atoms with van der Waals surface area (Å²) < 4.78 is 0. The Bertz CT molecular complexity index is 420. The molecule has 104 valence electrons. The van der Waals surface area contributed by atoms with Crippen molar-refractivity contribution in [3.63, 3.8) is 0 Å². The topological polar surface area (TPSA) is 45.2 Å². The standard InChI is InChI=1S/C15H23N3O/c1-4-7-16-14-6-5-13(8-17-14)15(19)18-9-11(2)12(3)10-18/h5-6,8,11-12H,4,7,9-10H2,1-3H3,(H,16,17). The highest BCUT2D eigenvalue weighted by Crippen LogP contribution is 2.23. The number of likely N-dealkylation sites (tertiary alicyclic amines) is 1. The van der Waals surface area contributed by atoms with Gasteiger partial charge in [-0.05, 0) is 30.4 Å². The van der Waals surface area contributed by atoms with Gasteiger partial charge in [-0.25, -0.2) is 4.98 Å². The molecule has 0 bridgehead atoms. The molecular formula is C15H23N3O. The zero-order chi connectivity index (χ0) is 13.8. The van der Waals surface area contributed by atoms with Gasteiger partial charge in [0.2, 0.25) is 0 Å². The highest BCUT2D eigenvalue weighted by Gasteiger charge is 2.29. The molecule has 4 nitrogen and oxygen atoms in total. The summed E-state index contributed by atoms with van der Waals surface area (Å²) in [6.45, 7) is 9.13. The third kappa shape index (κ3) is 3.25. The molecule has 0 spiro atoms. The van der Waals surface area contributed by atoms with E-state index in [4.69, 9.17) is 0 Å². The van der Waals surface area contributed by atoms with Gasteiger partial charge in [0.05, 0.1) is 5.56 Å². The van der Waals surface area contributed by atoms with E-state index >= 15 is 0 Å². The summed E-state index contributed by atoms with van der Waals surface area (Å²) in [6.07, 6.45) is 2.74. The third-order valence-electron chi connectivity index (χ3n) is 3.84. The number of hydrogen-bond acceptors (Lipinski definition) is 3. The molecule has 1 amide bonds. The molecular weight excluding hydrogens is 238 g/mol. The van der Waals surface area contributed by atoms with Gasteiger partial charge in [0, 0.05) is 25.8 Å². The van der Waals surface area contributed by atoms with Crippen LogP contribution in [0.1, 0.15) is 37.6 Å². The van der Waals surface area contributed by atoms with E-state index in [2.05, 4.69) is 31.1 Å². The Morgan fingerprint density at radius 3 is 2.58 bits per heavy atom. The average Bonchev–Trinajstić information content (AvgIpc) is 2.76. The second-order valence-corrected chi connectivity index (χ2v) is 5.52. The van der Waals surface area contributed by atoms with E-state index in [-0.39, 0.29) is 5.91 Å². The van der Waals surface area contributed by atoms with Gasteiger partial charge in [-0.15, -0.1) is 0 Å². The van der Waals surface area contributed by atoms with Crippen LogP contribution in [0.25, 0.3) is 0 Å². The van der Waals surface area contributed by atoms with Crippen LogP contribution in [0.5, 0.6) is 0 Å². The molecule has 1 N–H and O–H groups in total. The van der Waals surface area contributed by atoms with E-state index < -0.39 is 0 Å². The van der Waals surface area contributed by atoms with Crippen molar-refractivity contribution in [1.82, 2.24) is 9.88 Å². The SMILES string of the molecule is CCCNc1ccc(C(=O)N2CC(C)C(C)C2)cn1. The van der Waals surface area contributed by atoms with Crippen LogP contribution in [-0.2, 0) is 0 Å². The molecule has 2 atom stereocenters. The highest BCUT2D eigenvalue weighted by molar-refractivity contribution is 5.94. The first kappa shape index (κ1) is 13.8. The number of carbonyl (C=O) groups excluding carboxylic acids is 1. The summed E-state index contributed by atoms with van der Waals surface area (Å²) in [6, 6.07) is 3.74. The number of anilines is 1. The van der Waals surface area contributed by atoms with Crippen LogP contribution in [-0.4, -0.2) is 35.4 Å². The number of carbonyl (C=O) groups is 1. The zero-order valence-corrected chi connectivity index (χ0v) is 12.0. The summed E-state index contributed by atoms with van der Waals surface area (Å²) in [5.74, 6) is 2.11. The molecule has 0 aromatic carbocycles. The molecule has 1 aromatic heterocycles. The molecule has 1 aromatic rings. The van der Waals surface area contributed by atoms with Gasteiger partial charge in [0.1, 0.15) is 5.82 Å². The fraction of sp³-hybridized carbons (Fsp3) is 0.600. The lowest BCUT2D eigenvalue weighted by atomic mass is 10.0. The highest BCUT2D eigenvalue weighted by atomic mass is 16.2. The maximum absolute atomic E-state index is 12.3. The van der Waals surface area contributed by atoms with Gasteiger partial charge < -0.3 is 10.2 Å². The Labute approximate surface area is 115 Å². The molecule has 0 saturated carbocycles. The largest absolute Gasteiger partial charge is 0.370 e. The lowest BCUT2D eigenvalue weighted by molar-refractivity contribution is 0.0784. The normalized spacial score (nSPS) is 22.6. The minimum Gasteiger partial charge on any atom is -0.370 e. The molecule has 1 aliphatic heterocycles. The summed E-state index contributed by atoms with van der Waals surface area (Å²) in [4.78, 5) is 18.6. The van der Waals surface area contributed by atoms with Crippen LogP contribution in [0.4, 0.5) is 5.82 Å². The Morgan fingerprint density at radius 1 is 1.37 bits per heavy atom. The Kier molecular flexibility index (Phi) is 4.40. The van der Waals surface area contributed by atoms with Gasteiger partial charge in [0.25, 0.3) is 5.91 Å². The first-order valence-corrected chi connectivity index (χ1v) is 7.11. The van der Waals surface area contributed by atoms with Crippen LogP contribution in [0.15, 0.2) is 18.3 Å². The number of rotatable bonds is 4. The van der Waals surface area contributed by atoms with E-state index in [0.717, 1.165) is 31.9 Å². The quantitative estimate of drug-likeness (QED) is 0.906. The van der Waals surface area contributed by atoms with Crippen LogP contribution in [0, 0.1) is 11.8 Å². The first-order valence-electron chi connectivity index (χ1n) is 7.11. The van der Waals surface area contributed by atoms with E-state index in [9.17, 15) is 4.79 Å². The maximum atomic E-state index is 12.3. The molecule has 2 rings (SSSR count). The van der Waals surface area contributed by atoms with Crippen molar-refractivity contribution >= 4 is 11.7 Å². The summed E-state index contributed by atoms with van der Waals surface area (Å²) in [5, 5.41) is 3.21. The van der Waals surface area contributed by atoms with E-state index in [1.165, 1.54) is 0 Å². The van der Waals surface area contributed by atoms with E-state index in [0.29, 0.717) is 17.4 Å². The zero-order valence-electron chi connectivity index (χ0n) is 12.0. The number of hydrogen-bond donors (Lipinski definition) is 1. The first-order chi connectivity index (χ1) is 9.11. The number of aromatic nitrogens is 1. The number of nitrogens with zero attached hydrogens (tertiary/aromatic N) is 2. The second kappa shape index (κ2) is 6.04. The second-order valence-electron chi connectivity index (χ2n) is 5.52. The Balaban J connectivity index is 2.00. The van der Waals surface area contributed by atoms with Gasteiger partial charge in [-0.2, -0.15) is 0 Å². The van der Waals surface area contributed by atoms with Gasteiger partial charge in [-0.1, -0.05) is 20.8 Å². The molecule has 1 saturated heterocycles. The van der Waals surface area contributed by atoms with Crippen molar-refractivity contribution in [2.24, 2.45) is 11.8 Å². The Hall–Kier alpha value is -1.58. The fourth-order valence-corrected chi connectivity index (χ4v) is 2.36. The average molecular weight is 261 g/mol. The molecule has 19 heavy (non-hydrogen) atoms. The molecule has 1 aliphatic rings. The van der Waals surface area contributed by atoms with Gasteiger partial charge >= 0.3 is 0 Å². The van der Waals surface area contributed by atoms with Crippen LogP contribution < -0.4 is 5.32 Å². The van der Waals surface area contributed by atoms with Crippen LogP contribution in [0.3, 0.4) is 0 Å². The lowest BCUT2D eigenvalue weighted by Crippen LogP contribution is -2.28. The fourth-order valence-electron chi connectivity index (χ4n) is 2.36. The van der Waals surface area contributed by atoms with E-state index in [1.807, 2.05) is 17.0 Å².